The molecule has 2 aromatic heterocycles. The number of nitrogens with zero attached hydrogens (tertiary/aromatic N) is 3. The van der Waals surface area contributed by atoms with Gasteiger partial charge in [0, 0.05) is 17.8 Å². The second-order valence-corrected chi connectivity index (χ2v) is 6.90. The Morgan fingerprint density at radius 3 is 2.52 bits per heavy atom. The fourth-order valence-corrected chi connectivity index (χ4v) is 3.30. The van der Waals surface area contributed by atoms with E-state index in [9.17, 15) is 9.59 Å². The zero-order valence-electron chi connectivity index (χ0n) is 14.9. The number of halogens is 2. The quantitative estimate of drug-likeness (QED) is 0.697. The van der Waals surface area contributed by atoms with Gasteiger partial charge in [0.2, 0.25) is 5.82 Å². The summed E-state index contributed by atoms with van der Waals surface area (Å²) in [5, 5.41) is 7.67. The van der Waals surface area contributed by atoms with E-state index in [1.807, 2.05) is 13.0 Å². The smallest absolute Gasteiger partial charge is 0.291 e. The number of carbonyl (C=O) groups is 1. The van der Waals surface area contributed by atoms with E-state index in [1.165, 1.54) is 4.68 Å². The summed E-state index contributed by atoms with van der Waals surface area (Å²) in [6.45, 7) is 5.38. The highest BCUT2D eigenvalue weighted by Crippen LogP contribution is 2.28. The number of aryl methyl sites for hydroxylation is 3. The van der Waals surface area contributed by atoms with Crippen LogP contribution in [0.5, 0.6) is 0 Å². The topological polar surface area (TPSA) is 92.7 Å². The van der Waals surface area contributed by atoms with E-state index < -0.39 is 5.91 Å². The molecule has 0 aliphatic rings. The number of H-pyrrole nitrogens is 1. The number of pyridine rings is 1. The normalized spacial score (nSPS) is 10.9. The van der Waals surface area contributed by atoms with Crippen LogP contribution in [-0.4, -0.2) is 25.7 Å². The van der Waals surface area contributed by atoms with Gasteiger partial charge in [0.15, 0.2) is 0 Å². The first-order valence-electron chi connectivity index (χ1n) is 8.13. The predicted molar refractivity (Wildman–Crippen MR) is 104 cm³/mol. The Hall–Kier alpha value is -2.64. The van der Waals surface area contributed by atoms with Crippen molar-refractivity contribution in [3.63, 3.8) is 0 Å². The molecule has 0 saturated carbocycles. The maximum Gasteiger partial charge on any atom is 0.291 e. The number of aromatic nitrogens is 4. The van der Waals surface area contributed by atoms with Crippen molar-refractivity contribution in [3.05, 3.63) is 73.1 Å². The molecule has 0 atom stereocenters. The van der Waals surface area contributed by atoms with Gasteiger partial charge in [-0.15, -0.1) is 5.10 Å². The summed E-state index contributed by atoms with van der Waals surface area (Å²) in [7, 11) is 0. The zero-order chi connectivity index (χ0) is 19.7. The molecule has 140 valence electrons. The van der Waals surface area contributed by atoms with Crippen LogP contribution in [0.4, 0.5) is 0 Å². The monoisotopic (exact) mass is 405 g/mol. The zero-order valence-corrected chi connectivity index (χ0v) is 16.4. The number of para-hydroxylation sites is 1. The summed E-state index contributed by atoms with van der Waals surface area (Å²) in [4.78, 5) is 31.4. The van der Waals surface area contributed by atoms with E-state index >= 15 is 0 Å². The number of amides is 1. The molecule has 0 fully saturated rings. The van der Waals surface area contributed by atoms with E-state index in [0.29, 0.717) is 27.1 Å². The molecule has 0 spiro atoms. The molecule has 1 amide bonds. The van der Waals surface area contributed by atoms with Gasteiger partial charge in [0.05, 0.1) is 10.0 Å². The second kappa shape index (κ2) is 7.54. The van der Waals surface area contributed by atoms with Crippen LogP contribution in [0.3, 0.4) is 0 Å². The summed E-state index contributed by atoms with van der Waals surface area (Å²) in [5.74, 6) is -0.0800. The van der Waals surface area contributed by atoms with Gasteiger partial charge in [0.25, 0.3) is 11.5 Å². The minimum Gasteiger partial charge on any atom is -0.345 e. The molecule has 0 aliphatic carbocycles. The number of nitrogens with one attached hydrogen (secondary N) is 2. The molecule has 3 rings (SSSR count). The molecule has 2 N–H and O–H groups in total. The highest BCUT2D eigenvalue weighted by atomic mass is 35.5. The van der Waals surface area contributed by atoms with Crippen molar-refractivity contribution in [2.45, 2.75) is 27.3 Å². The Labute approximate surface area is 165 Å². The molecule has 0 unspecified atom stereocenters. The first kappa shape index (κ1) is 19.1. The van der Waals surface area contributed by atoms with Crippen molar-refractivity contribution in [1.29, 1.82) is 0 Å². The third kappa shape index (κ3) is 3.89. The van der Waals surface area contributed by atoms with Crippen LogP contribution < -0.4 is 10.9 Å². The number of carbonyl (C=O) groups excluding carboxylic acids is 1. The van der Waals surface area contributed by atoms with E-state index in [1.54, 1.807) is 32.0 Å². The van der Waals surface area contributed by atoms with Crippen LogP contribution in [0.2, 0.25) is 10.0 Å². The maximum absolute atomic E-state index is 12.4. The van der Waals surface area contributed by atoms with Gasteiger partial charge in [-0.05, 0) is 44.5 Å². The van der Waals surface area contributed by atoms with Crippen LogP contribution in [-0.2, 0) is 6.54 Å². The van der Waals surface area contributed by atoms with E-state index in [0.717, 1.165) is 11.3 Å². The second-order valence-electron chi connectivity index (χ2n) is 6.09. The molecule has 0 bridgehead atoms. The van der Waals surface area contributed by atoms with E-state index in [-0.39, 0.29) is 17.9 Å². The fraction of sp³-hybridized carbons (Fsp3) is 0.222. The van der Waals surface area contributed by atoms with Crippen LogP contribution in [0, 0.1) is 20.8 Å². The molecule has 27 heavy (non-hydrogen) atoms. The largest absolute Gasteiger partial charge is 0.345 e. The van der Waals surface area contributed by atoms with Gasteiger partial charge in [-0.2, -0.15) is 0 Å². The molecule has 1 aromatic carbocycles. The van der Waals surface area contributed by atoms with Crippen molar-refractivity contribution < 1.29 is 4.79 Å². The number of benzene rings is 1. The molecule has 0 radical (unpaired) electrons. The summed E-state index contributed by atoms with van der Waals surface area (Å²) >= 11 is 12.4. The van der Waals surface area contributed by atoms with Gasteiger partial charge in [-0.25, -0.2) is 9.67 Å². The molecular formula is C18H17Cl2N5O2. The molecule has 3 aromatic rings. The molecule has 9 heteroatoms. The first-order chi connectivity index (χ1) is 12.8. The molecular weight excluding hydrogens is 389 g/mol. The fourth-order valence-electron chi connectivity index (χ4n) is 2.74. The van der Waals surface area contributed by atoms with Gasteiger partial charge in [0.1, 0.15) is 11.5 Å². The lowest BCUT2D eigenvalue weighted by atomic mass is 10.1. The van der Waals surface area contributed by atoms with Crippen molar-refractivity contribution in [3.8, 4) is 5.69 Å². The van der Waals surface area contributed by atoms with Crippen LogP contribution >= 0.6 is 23.2 Å². The Morgan fingerprint density at radius 1 is 1.22 bits per heavy atom. The molecule has 2 heterocycles. The Balaban J connectivity index is 1.84. The van der Waals surface area contributed by atoms with Gasteiger partial charge in [-0.3, -0.25) is 9.59 Å². The minimum absolute atomic E-state index is 0.0373. The third-order valence-corrected chi connectivity index (χ3v) is 4.65. The first-order valence-corrected chi connectivity index (χ1v) is 8.89. The predicted octanol–water partition coefficient (Wildman–Crippen LogP) is 3.12. The highest BCUT2D eigenvalue weighted by molar-refractivity contribution is 6.37. The van der Waals surface area contributed by atoms with Crippen LogP contribution in [0.25, 0.3) is 5.69 Å². The number of aromatic amines is 1. The number of hydrogen-bond acceptors (Lipinski definition) is 4. The maximum atomic E-state index is 12.4. The van der Waals surface area contributed by atoms with Crippen LogP contribution in [0.1, 0.15) is 33.3 Å². The van der Waals surface area contributed by atoms with Crippen molar-refractivity contribution >= 4 is 29.1 Å². The lowest BCUT2D eigenvalue weighted by molar-refractivity contribution is 0.0940. The van der Waals surface area contributed by atoms with E-state index in [4.69, 9.17) is 23.2 Å². The van der Waals surface area contributed by atoms with Crippen LogP contribution in [0.15, 0.2) is 29.1 Å². The Kier molecular flexibility index (Phi) is 5.34. The van der Waals surface area contributed by atoms with Crippen molar-refractivity contribution in [2.75, 3.05) is 0 Å². The molecule has 0 aliphatic heterocycles. The van der Waals surface area contributed by atoms with Gasteiger partial charge >= 0.3 is 0 Å². The summed E-state index contributed by atoms with van der Waals surface area (Å²) in [6, 6.07) is 6.92. The minimum atomic E-state index is -0.501. The van der Waals surface area contributed by atoms with E-state index in [2.05, 4.69) is 20.4 Å². The standard InChI is InChI=1S/C18H17Cl2N5O2/c1-9-7-10(2)22-17(26)12(9)8-21-18(27)16-23-11(3)25(24-16)15-13(19)5-4-6-14(15)20/h4-7H,8H2,1-3H3,(H,21,27)(H,22,26). The summed E-state index contributed by atoms with van der Waals surface area (Å²) in [6.07, 6.45) is 0. The van der Waals surface area contributed by atoms with Crippen molar-refractivity contribution in [2.24, 2.45) is 0 Å². The lowest BCUT2D eigenvalue weighted by Gasteiger charge is -2.07. The average molecular weight is 406 g/mol. The van der Waals surface area contributed by atoms with Gasteiger partial charge < -0.3 is 10.3 Å². The highest BCUT2D eigenvalue weighted by Gasteiger charge is 2.18. The SMILES string of the molecule is Cc1cc(C)c(CNC(=O)c2nc(C)n(-c3c(Cl)cccc3Cl)n2)c(=O)[nH]1. The summed E-state index contributed by atoms with van der Waals surface area (Å²) < 4.78 is 1.42. The molecule has 7 nitrogen and oxygen atoms in total. The molecule has 0 saturated heterocycles. The third-order valence-electron chi connectivity index (χ3n) is 4.04. The van der Waals surface area contributed by atoms with Crippen molar-refractivity contribution in [1.82, 2.24) is 25.1 Å². The number of rotatable bonds is 4. The average Bonchev–Trinajstić information content (AvgIpc) is 2.95. The Morgan fingerprint density at radius 2 is 1.89 bits per heavy atom. The van der Waals surface area contributed by atoms with Gasteiger partial charge in [-0.1, -0.05) is 29.3 Å². The lowest BCUT2D eigenvalue weighted by Crippen LogP contribution is -2.28. The Bertz CT molecular complexity index is 1070. The summed E-state index contributed by atoms with van der Waals surface area (Å²) in [5.41, 5.74) is 2.27. The number of hydrogen-bond donors (Lipinski definition) is 2.